The third-order valence-corrected chi connectivity index (χ3v) is 13.2. The highest BCUT2D eigenvalue weighted by atomic mass is 16.5. The molecule has 1 fully saturated rings. The summed E-state index contributed by atoms with van der Waals surface area (Å²) in [6.07, 6.45) is 11.8. The van der Waals surface area contributed by atoms with Gasteiger partial charge in [0.1, 0.15) is 6.04 Å². The molecule has 352 valence electrons. The number of hydrogen-bond donors (Lipinski definition) is 3. The average Bonchev–Trinajstić information content (AvgIpc) is 3.85. The van der Waals surface area contributed by atoms with Crippen molar-refractivity contribution in [2.75, 3.05) is 39.9 Å². The number of fused-ring (bicyclic) bond motifs is 1. The summed E-state index contributed by atoms with van der Waals surface area (Å²) >= 11 is 0. The highest BCUT2D eigenvalue weighted by Gasteiger charge is 2.34. The first-order valence-electron chi connectivity index (χ1n) is 23.6. The monoisotopic (exact) mass is 898 g/mol. The molecule has 0 bridgehead atoms. The molecule has 0 radical (unpaired) electrons. The first-order valence-corrected chi connectivity index (χ1v) is 23.6. The van der Waals surface area contributed by atoms with E-state index in [1.807, 2.05) is 25.1 Å². The van der Waals surface area contributed by atoms with E-state index in [0.29, 0.717) is 51.7 Å². The number of hydrazine groups is 1. The van der Waals surface area contributed by atoms with Gasteiger partial charge < -0.3 is 29.2 Å². The lowest BCUT2D eigenvalue weighted by atomic mass is 9.84. The van der Waals surface area contributed by atoms with Crippen LogP contribution in [0, 0.1) is 5.41 Å². The summed E-state index contributed by atoms with van der Waals surface area (Å²) in [4.78, 5) is 49.2. The number of carbonyl (C=O) groups excluding carboxylic acids is 3. The molecule has 4 aromatic rings. The second-order valence-corrected chi connectivity index (χ2v) is 18.5. The molecule has 4 N–H and O–H groups in total. The number of allylic oxidation sites excluding steroid dienone is 1. The number of benzene rings is 2. The molecule has 1 saturated heterocycles. The minimum atomic E-state index is -0.719. The Balaban J connectivity index is 1.34. The van der Waals surface area contributed by atoms with Crippen LogP contribution in [0.1, 0.15) is 95.6 Å². The predicted molar refractivity (Wildman–Crippen MR) is 265 cm³/mol. The van der Waals surface area contributed by atoms with E-state index in [4.69, 9.17) is 20.3 Å². The molecule has 0 aliphatic carbocycles. The van der Waals surface area contributed by atoms with Gasteiger partial charge >= 0.3 is 0 Å². The van der Waals surface area contributed by atoms with Crippen molar-refractivity contribution in [3.05, 3.63) is 126 Å². The number of likely N-dealkylation sites (tertiary alicyclic amines) is 1. The fraction of sp³-hybridized carbons (Fsp3) is 0.444. The number of rotatable bonds is 24. The van der Waals surface area contributed by atoms with Crippen LogP contribution >= 0.6 is 0 Å². The van der Waals surface area contributed by atoms with Crippen LogP contribution in [0.4, 0.5) is 0 Å². The third kappa shape index (κ3) is 11.8. The van der Waals surface area contributed by atoms with Crippen molar-refractivity contribution in [1.29, 1.82) is 0 Å². The number of unbranched alkanes of at least 4 members (excludes halogenated alkanes) is 1. The number of ether oxygens (including phenoxy) is 2. The molecule has 2 aromatic heterocycles. The van der Waals surface area contributed by atoms with E-state index in [-0.39, 0.29) is 29.8 Å². The molecule has 2 aromatic carbocycles. The maximum absolute atomic E-state index is 14.5. The fourth-order valence-electron chi connectivity index (χ4n) is 9.59. The Labute approximate surface area is 392 Å². The molecular weight excluding hydrogens is 827 g/mol. The number of ketones is 1. The number of nitrogens with zero attached hydrogens (tertiary/aromatic N) is 4. The van der Waals surface area contributed by atoms with E-state index in [9.17, 15) is 14.4 Å². The van der Waals surface area contributed by atoms with Crippen molar-refractivity contribution in [2.24, 2.45) is 11.3 Å². The zero-order valence-corrected chi connectivity index (χ0v) is 39.9. The van der Waals surface area contributed by atoms with Crippen LogP contribution in [-0.2, 0) is 43.2 Å². The first-order chi connectivity index (χ1) is 31.8. The van der Waals surface area contributed by atoms with Gasteiger partial charge in [0.15, 0.2) is 5.78 Å². The number of aromatic nitrogens is 2. The van der Waals surface area contributed by atoms with Crippen LogP contribution in [0.25, 0.3) is 33.3 Å². The van der Waals surface area contributed by atoms with Gasteiger partial charge in [-0.15, -0.1) is 0 Å². The minimum absolute atomic E-state index is 0.0000793. The van der Waals surface area contributed by atoms with Crippen molar-refractivity contribution in [1.82, 2.24) is 30.1 Å². The highest BCUT2D eigenvalue weighted by molar-refractivity contribution is 5.95. The molecule has 2 aliphatic heterocycles. The van der Waals surface area contributed by atoms with Crippen LogP contribution in [0.2, 0.25) is 0 Å². The third-order valence-electron chi connectivity index (χ3n) is 13.2. The lowest BCUT2D eigenvalue weighted by Crippen LogP contribution is -2.52. The standard InChI is InChI=1S/C54H71N7O5/c1-9-37(3)59-29-25-43(34-59)38(4)61-28-15-11-12-21-49(61)53(64)58-47(50(63)22-13-14-27-57-55)31-40-18-16-19-41(30-40)42-23-24-48-45(32-42)46(33-54(6,7)35-66-36-62)52(60(48)10-2)44-20-17-26-56-51(44)39(5)65-8/h9,16-20,23-26,30,32,36,39,47,49,57H,1,3-4,10-15,21-22,27-29,31,33-35,55H2,2,5-8H3,(H,58,64). The summed E-state index contributed by atoms with van der Waals surface area (Å²) in [5, 5.41) is 4.37. The second-order valence-electron chi connectivity index (χ2n) is 18.5. The summed E-state index contributed by atoms with van der Waals surface area (Å²) in [5.74, 6) is 5.40. The van der Waals surface area contributed by atoms with E-state index in [0.717, 1.165) is 112 Å². The van der Waals surface area contributed by atoms with Crippen LogP contribution < -0.4 is 16.6 Å². The number of amides is 1. The van der Waals surface area contributed by atoms with Crippen molar-refractivity contribution < 1.29 is 23.9 Å². The lowest BCUT2D eigenvalue weighted by molar-refractivity contribution is -0.131. The number of hydrogen-bond acceptors (Lipinski definition) is 10. The molecule has 6 rings (SSSR count). The van der Waals surface area contributed by atoms with Gasteiger partial charge in [0.2, 0.25) is 5.91 Å². The number of carbonyl (C=O) groups is 3. The zero-order valence-electron chi connectivity index (χ0n) is 39.9. The number of aryl methyl sites for hydroxylation is 1. The SMILES string of the molecule is C=CC(=C)N1CC=C(C(=C)N2CCCCCC2C(=O)NC(Cc2cccc(-c3ccc4c(c3)c(CC(C)(C)COC=O)c(-c3cccnc3C(C)OC)n4CC)c2)C(=O)CCCCNN)C1. The van der Waals surface area contributed by atoms with Crippen molar-refractivity contribution >= 4 is 29.1 Å². The van der Waals surface area contributed by atoms with E-state index in [2.05, 4.69) is 108 Å². The number of nitrogens with two attached hydrogens (primary N) is 1. The van der Waals surface area contributed by atoms with Crippen molar-refractivity contribution in [3.8, 4) is 22.4 Å². The summed E-state index contributed by atoms with van der Waals surface area (Å²) in [6, 6.07) is 17.8. The Morgan fingerprint density at radius 1 is 1.06 bits per heavy atom. The van der Waals surface area contributed by atoms with Gasteiger partial charge in [-0.1, -0.05) is 82.8 Å². The van der Waals surface area contributed by atoms with Gasteiger partial charge in [-0.05, 0) is 111 Å². The largest absolute Gasteiger partial charge is 0.467 e. The van der Waals surface area contributed by atoms with Gasteiger partial charge in [-0.2, -0.15) is 0 Å². The quantitative estimate of drug-likeness (QED) is 0.0205. The van der Waals surface area contributed by atoms with Crippen molar-refractivity contribution in [3.63, 3.8) is 0 Å². The lowest BCUT2D eigenvalue weighted by Gasteiger charge is -2.34. The van der Waals surface area contributed by atoms with Crippen LogP contribution in [-0.4, -0.2) is 89.5 Å². The molecule has 1 amide bonds. The fourth-order valence-corrected chi connectivity index (χ4v) is 9.59. The van der Waals surface area contributed by atoms with E-state index >= 15 is 0 Å². The normalized spacial score (nSPS) is 16.3. The number of nitrogens with one attached hydrogen (secondary N) is 2. The average molecular weight is 898 g/mol. The molecule has 2 aliphatic rings. The summed E-state index contributed by atoms with van der Waals surface area (Å²) < 4.78 is 13.5. The second kappa shape index (κ2) is 23.1. The Kier molecular flexibility index (Phi) is 17.3. The van der Waals surface area contributed by atoms with Crippen LogP contribution in [0.15, 0.2) is 110 Å². The number of pyridine rings is 1. The molecule has 0 spiro atoms. The van der Waals surface area contributed by atoms with Crippen LogP contribution in [0.5, 0.6) is 0 Å². The van der Waals surface area contributed by atoms with Gasteiger partial charge in [-0.3, -0.25) is 30.6 Å². The number of methoxy groups -OCH3 is 1. The van der Waals surface area contributed by atoms with Gasteiger partial charge in [0.25, 0.3) is 6.47 Å². The summed E-state index contributed by atoms with van der Waals surface area (Å²) in [6.45, 7) is 25.1. The van der Waals surface area contributed by atoms with Crippen LogP contribution in [0.3, 0.4) is 0 Å². The molecule has 12 nitrogen and oxygen atoms in total. The Bertz CT molecular complexity index is 2420. The summed E-state index contributed by atoms with van der Waals surface area (Å²) in [7, 11) is 1.70. The van der Waals surface area contributed by atoms with Gasteiger partial charge in [-0.25, -0.2) is 0 Å². The topological polar surface area (TPSA) is 144 Å². The highest BCUT2D eigenvalue weighted by Crippen LogP contribution is 2.42. The molecule has 3 unspecified atom stereocenters. The first kappa shape index (κ1) is 49.6. The van der Waals surface area contributed by atoms with E-state index < -0.39 is 12.1 Å². The summed E-state index contributed by atoms with van der Waals surface area (Å²) in [5.41, 5.74) is 13.2. The number of Topliss-reactive ketones (excluding diaryl/α,β-unsaturated/α-hetero) is 1. The van der Waals surface area contributed by atoms with Crippen molar-refractivity contribution in [2.45, 2.75) is 110 Å². The molecule has 0 saturated carbocycles. The minimum Gasteiger partial charge on any atom is -0.467 e. The zero-order chi connectivity index (χ0) is 47.4. The van der Waals surface area contributed by atoms with E-state index in [1.165, 1.54) is 0 Å². The molecule has 12 heteroatoms. The van der Waals surface area contributed by atoms with Gasteiger partial charge in [0.05, 0.1) is 30.1 Å². The maximum atomic E-state index is 14.5. The smallest absolute Gasteiger partial charge is 0.293 e. The van der Waals surface area contributed by atoms with Gasteiger partial charge in [0, 0.05) is 85.7 Å². The molecule has 3 atom stereocenters. The Hall–Kier alpha value is -5.82. The molecular formula is C54H71N7O5. The maximum Gasteiger partial charge on any atom is 0.293 e. The molecule has 66 heavy (non-hydrogen) atoms. The Morgan fingerprint density at radius 2 is 1.86 bits per heavy atom. The van der Waals surface area contributed by atoms with E-state index in [1.54, 1.807) is 19.4 Å². The molecule has 4 heterocycles. The predicted octanol–water partition coefficient (Wildman–Crippen LogP) is 8.77. The Morgan fingerprint density at radius 3 is 2.61 bits per heavy atom.